The first-order valence-corrected chi connectivity index (χ1v) is 15.6. The molecule has 0 amide bonds. The van der Waals surface area contributed by atoms with Gasteiger partial charge >= 0.3 is 0 Å². The molecule has 36 heavy (non-hydrogen) atoms. The molecule has 190 valence electrons. The highest BCUT2D eigenvalue weighted by molar-refractivity contribution is 7.87. The zero-order valence-corrected chi connectivity index (χ0v) is 21.9. The van der Waals surface area contributed by atoms with Crippen molar-refractivity contribution >= 4 is 20.2 Å². The lowest BCUT2D eigenvalue weighted by atomic mass is 9.65. The monoisotopic (exact) mass is 526 g/mol. The maximum atomic E-state index is 13.0. The molecule has 8 bridgehead atoms. The fourth-order valence-electron chi connectivity index (χ4n) is 8.94. The Morgan fingerprint density at radius 2 is 0.944 bits per heavy atom. The molecule has 0 saturated heterocycles. The third-order valence-electron chi connectivity index (χ3n) is 9.99. The van der Waals surface area contributed by atoms with Gasteiger partial charge in [-0.1, -0.05) is 47.5 Å². The van der Waals surface area contributed by atoms with Gasteiger partial charge in [0.1, 0.15) is 0 Å². The van der Waals surface area contributed by atoms with Crippen LogP contribution in [0.1, 0.15) is 11.1 Å². The summed E-state index contributed by atoms with van der Waals surface area (Å²) in [6, 6.07) is 13.3. The van der Waals surface area contributed by atoms with Crippen molar-refractivity contribution in [1.82, 2.24) is 0 Å². The lowest BCUT2D eigenvalue weighted by Crippen LogP contribution is -2.41. The minimum atomic E-state index is -3.90. The first kappa shape index (κ1) is 23.1. The SMILES string of the molecule is Cc1ccc(S(=O)(=O)OC[C@@H]2C3C4C5C=CC6C5C3C(C64)[C@H]2COS(=O)(=O)c2ccc(C)cc2)cc1. The topological polar surface area (TPSA) is 86.7 Å². The van der Waals surface area contributed by atoms with E-state index < -0.39 is 20.2 Å². The lowest BCUT2D eigenvalue weighted by molar-refractivity contribution is 0.0329. The Hall–Kier alpha value is -2.00. The molecule has 6 unspecified atom stereocenters. The second-order valence-corrected chi connectivity index (χ2v) is 14.7. The van der Waals surface area contributed by atoms with Crippen molar-refractivity contribution < 1.29 is 25.2 Å². The summed E-state index contributed by atoms with van der Waals surface area (Å²) >= 11 is 0. The minimum absolute atomic E-state index is 0.0327. The lowest BCUT2D eigenvalue weighted by Gasteiger charge is -2.41. The van der Waals surface area contributed by atoms with E-state index in [-0.39, 0.29) is 34.8 Å². The average Bonchev–Trinajstić information content (AvgIpc) is 3.65. The molecule has 6 nitrogen and oxygen atoms in total. The average molecular weight is 527 g/mol. The van der Waals surface area contributed by atoms with E-state index in [4.69, 9.17) is 8.37 Å². The number of hydrogen-bond acceptors (Lipinski definition) is 6. The molecule has 0 heterocycles. The van der Waals surface area contributed by atoms with E-state index in [1.54, 1.807) is 48.5 Å². The molecule has 6 aliphatic rings. The highest BCUT2D eigenvalue weighted by Gasteiger charge is 2.80. The fraction of sp³-hybridized carbons (Fsp3) is 0.500. The Morgan fingerprint density at radius 1 is 0.556 bits per heavy atom. The largest absolute Gasteiger partial charge is 0.296 e. The predicted molar refractivity (Wildman–Crippen MR) is 133 cm³/mol. The normalized spacial score (nSPS) is 39.1. The standard InChI is InChI=1S/C28H30O6S2/c1-15-3-7-17(8-4-15)35(29,30)33-13-21-22(14-34-36(31,32)18-9-5-16(2)6-10-18)27-25-20-12-11-19-23(20)28(27)26(21)24(19)25/h3-12,19-28H,13-14H2,1-2H3/t19?,20?,21-,22-,23?,24?,25?,26?,27?,28?/m0/s1. The summed E-state index contributed by atoms with van der Waals surface area (Å²) in [4.78, 5) is 0.303. The summed E-state index contributed by atoms with van der Waals surface area (Å²) in [6.45, 7) is 3.96. The van der Waals surface area contributed by atoms with Crippen molar-refractivity contribution in [3.05, 3.63) is 71.8 Å². The molecule has 0 radical (unpaired) electrons. The molecule has 8 heteroatoms. The molecule has 0 aliphatic heterocycles. The summed E-state index contributed by atoms with van der Waals surface area (Å²) in [6.07, 6.45) is 4.75. The van der Waals surface area contributed by atoms with E-state index in [0.29, 0.717) is 47.3 Å². The number of hydrogen-bond donors (Lipinski definition) is 0. The molecular formula is C28H30O6S2. The Balaban J connectivity index is 1.14. The molecular weight excluding hydrogens is 496 g/mol. The maximum Gasteiger partial charge on any atom is 0.296 e. The molecule has 5 fully saturated rings. The van der Waals surface area contributed by atoms with E-state index in [1.165, 1.54) is 0 Å². The molecule has 0 spiro atoms. The Kier molecular flexibility index (Phi) is 4.99. The van der Waals surface area contributed by atoms with Gasteiger partial charge in [-0.3, -0.25) is 8.37 Å². The van der Waals surface area contributed by atoms with Gasteiger partial charge < -0.3 is 0 Å². The second kappa shape index (κ2) is 7.76. The molecule has 2 aromatic carbocycles. The summed E-state index contributed by atoms with van der Waals surface area (Å²) in [5.74, 6) is 4.16. The zero-order chi connectivity index (χ0) is 25.0. The highest BCUT2D eigenvalue weighted by atomic mass is 32.2. The number of allylic oxidation sites excluding steroid dienone is 2. The molecule has 8 rings (SSSR count). The summed E-state index contributed by atoms with van der Waals surface area (Å²) in [7, 11) is -7.79. The van der Waals surface area contributed by atoms with E-state index in [2.05, 4.69) is 12.2 Å². The van der Waals surface area contributed by atoms with Gasteiger partial charge in [-0.2, -0.15) is 16.8 Å². The van der Waals surface area contributed by atoms with Crippen LogP contribution in [0, 0.1) is 73.0 Å². The maximum absolute atomic E-state index is 13.0. The second-order valence-electron chi connectivity index (χ2n) is 11.4. The van der Waals surface area contributed by atoms with E-state index in [1.807, 2.05) is 13.8 Å². The van der Waals surface area contributed by atoms with Crippen LogP contribution in [0.25, 0.3) is 0 Å². The third-order valence-corrected chi connectivity index (χ3v) is 12.6. The van der Waals surface area contributed by atoms with Gasteiger partial charge in [0.05, 0.1) is 23.0 Å². The molecule has 0 aromatic heterocycles. The molecule has 6 aliphatic carbocycles. The van der Waals surface area contributed by atoms with Gasteiger partial charge in [-0.05, 0) is 97.3 Å². The number of aryl methyl sites for hydroxylation is 2. The van der Waals surface area contributed by atoms with Crippen LogP contribution >= 0.6 is 0 Å². The van der Waals surface area contributed by atoms with Gasteiger partial charge in [0.15, 0.2) is 0 Å². The van der Waals surface area contributed by atoms with Crippen LogP contribution in [-0.2, 0) is 28.6 Å². The van der Waals surface area contributed by atoms with Crippen molar-refractivity contribution in [3.63, 3.8) is 0 Å². The summed E-state index contributed by atoms with van der Waals surface area (Å²) < 4.78 is 63.2. The van der Waals surface area contributed by atoms with Crippen molar-refractivity contribution in [2.24, 2.45) is 59.2 Å². The van der Waals surface area contributed by atoms with Crippen LogP contribution < -0.4 is 0 Å². The first-order chi connectivity index (χ1) is 17.2. The molecule has 0 N–H and O–H groups in total. The van der Waals surface area contributed by atoms with Crippen LogP contribution in [0.4, 0.5) is 0 Å². The zero-order valence-electron chi connectivity index (χ0n) is 20.2. The van der Waals surface area contributed by atoms with Crippen LogP contribution in [0.5, 0.6) is 0 Å². The van der Waals surface area contributed by atoms with Crippen LogP contribution in [0.15, 0.2) is 70.5 Å². The Bertz CT molecular complexity index is 1330. The molecule has 2 aromatic rings. The van der Waals surface area contributed by atoms with Gasteiger partial charge in [0.25, 0.3) is 20.2 Å². The van der Waals surface area contributed by atoms with Crippen molar-refractivity contribution in [2.75, 3.05) is 13.2 Å². The van der Waals surface area contributed by atoms with E-state index >= 15 is 0 Å². The van der Waals surface area contributed by atoms with E-state index in [9.17, 15) is 16.8 Å². The van der Waals surface area contributed by atoms with Crippen molar-refractivity contribution in [3.8, 4) is 0 Å². The minimum Gasteiger partial charge on any atom is -0.266 e. The van der Waals surface area contributed by atoms with Crippen LogP contribution in [0.3, 0.4) is 0 Å². The number of benzene rings is 2. The number of rotatable bonds is 8. The smallest absolute Gasteiger partial charge is 0.266 e. The third kappa shape index (κ3) is 3.14. The summed E-state index contributed by atoms with van der Waals surface area (Å²) in [5, 5.41) is 0. The quantitative estimate of drug-likeness (QED) is 0.379. The molecule has 5 saturated carbocycles. The van der Waals surface area contributed by atoms with Crippen LogP contribution in [0.2, 0.25) is 0 Å². The molecule has 8 atom stereocenters. The van der Waals surface area contributed by atoms with Crippen molar-refractivity contribution in [1.29, 1.82) is 0 Å². The Morgan fingerprint density at radius 3 is 1.33 bits per heavy atom. The van der Waals surface area contributed by atoms with Gasteiger partial charge in [0.2, 0.25) is 0 Å². The highest BCUT2D eigenvalue weighted by Crippen LogP contribution is 2.82. The van der Waals surface area contributed by atoms with Gasteiger partial charge in [0, 0.05) is 0 Å². The van der Waals surface area contributed by atoms with Crippen molar-refractivity contribution in [2.45, 2.75) is 23.6 Å². The fourth-order valence-corrected chi connectivity index (χ4v) is 10.8. The van der Waals surface area contributed by atoms with Crippen LogP contribution in [-0.4, -0.2) is 30.0 Å². The van der Waals surface area contributed by atoms with Gasteiger partial charge in [-0.15, -0.1) is 0 Å². The predicted octanol–water partition coefficient (Wildman–Crippen LogP) is 4.20. The Labute approximate surface area is 213 Å². The summed E-state index contributed by atoms with van der Waals surface area (Å²) in [5.41, 5.74) is 1.96. The first-order valence-electron chi connectivity index (χ1n) is 12.8. The van der Waals surface area contributed by atoms with Gasteiger partial charge in [-0.25, -0.2) is 0 Å². The van der Waals surface area contributed by atoms with E-state index in [0.717, 1.165) is 11.1 Å².